The number of hydrogen-bond donors (Lipinski definition) is 0. The molecule has 13 heavy (non-hydrogen) atoms. The van der Waals surface area contributed by atoms with Crippen molar-refractivity contribution in [2.75, 3.05) is 0 Å². The number of rotatable bonds is 5. The van der Waals surface area contributed by atoms with Crippen molar-refractivity contribution in [2.24, 2.45) is 0 Å². The Balaban J connectivity index is 5.92. The summed E-state index contributed by atoms with van der Waals surface area (Å²) in [6.45, 7) is 0. The summed E-state index contributed by atoms with van der Waals surface area (Å²) in [5, 5.41) is -0.353. The van der Waals surface area contributed by atoms with Crippen LogP contribution in [-0.2, 0) is 30.5 Å². The van der Waals surface area contributed by atoms with E-state index in [9.17, 15) is 19.2 Å². The molecule has 79 valence electrons. The van der Waals surface area contributed by atoms with Crippen molar-refractivity contribution in [1.82, 2.24) is 0 Å². The van der Waals surface area contributed by atoms with E-state index >= 15 is 0 Å². The summed E-state index contributed by atoms with van der Waals surface area (Å²) < 4.78 is -4.00. The molecule has 0 aliphatic carbocycles. The Morgan fingerprint density at radius 3 is 1.00 bits per heavy atom. The van der Waals surface area contributed by atoms with E-state index in [1.165, 1.54) is 0 Å². The summed E-state index contributed by atoms with van der Waals surface area (Å²) in [5.41, 5.74) is 0. The van der Waals surface area contributed by atoms with Gasteiger partial charge in [0.1, 0.15) is 0 Å². The third kappa shape index (κ3) is 1.70. The minimum atomic E-state index is -4.84. The van der Waals surface area contributed by atoms with E-state index in [0.29, 0.717) is 0 Å². The number of carbonyl (C=O) groups excluding carboxylic acids is 4. The maximum absolute atomic E-state index is 10.6. The Bertz CT molecular complexity index is 232. The molecular formula is C4H5Cl3FeO4P. The molecule has 0 unspecified atom stereocenters. The van der Waals surface area contributed by atoms with Crippen LogP contribution in [0.1, 0.15) is 0 Å². The molecule has 0 fully saturated rings. The zero-order valence-electron chi connectivity index (χ0n) is 5.93. The molecule has 0 aromatic rings. The van der Waals surface area contributed by atoms with Crippen molar-refractivity contribution >= 4 is 58.5 Å². The molecule has 0 saturated carbocycles. The third-order valence-electron chi connectivity index (χ3n) is 1.21. The Labute approximate surface area is 88.8 Å². The van der Waals surface area contributed by atoms with Crippen LogP contribution in [0.3, 0.4) is 0 Å². The van der Waals surface area contributed by atoms with Gasteiger partial charge < -0.3 is 0 Å². The Hall–Kier alpha value is 0.499. The van der Waals surface area contributed by atoms with Crippen LogP contribution in [0.5, 0.6) is 0 Å². The van der Waals surface area contributed by atoms with E-state index < -0.39 is 15.4 Å². The number of halogens is 3. The van der Waals surface area contributed by atoms with Gasteiger partial charge in [-0.15, -0.1) is 0 Å². The van der Waals surface area contributed by atoms with E-state index in [2.05, 4.69) is 0 Å². The van der Waals surface area contributed by atoms with Crippen molar-refractivity contribution in [1.29, 1.82) is 0 Å². The second-order valence-electron chi connectivity index (χ2n) is 1.86. The molecule has 0 spiro atoms. The predicted octanol–water partition coefficient (Wildman–Crippen LogP) is 1.56. The van der Waals surface area contributed by atoms with Crippen molar-refractivity contribution < 1.29 is 30.5 Å². The first-order chi connectivity index (χ1) is 5.82. The van der Waals surface area contributed by atoms with Gasteiger partial charge in [-0.1, -0.05) is 0 Å². The van der Waals surface area contributed by atoms with Crippen LogP contribution in [0.15, 0.2) is 0 Å². The molecule has 0 radical (unpaired) electrons. The first kappa shape index (κ1) is 13.5. The molecule has 4 nitrogen and oxygen atoms in total. The monoisotopic (exact) mass is 309 g/mol. The van der Waals surface area contributed by atoms with Crippen molar-refractivity contribution in [3.8, 4) is 0 Å². The van der Waals surface area contributed by atoms with Gasteiger partial charge >= 0.3 is 89.0 Å². The standard InChI is InChI=1S/4CHO.Cl3P.Fe/c4*1-2;1-4(2)3;/h4*1H;;/q;;;;;-1/p+1. The molecule has 0 saturated heterocycles. The second-order valence-corrected chi connectivity index (χ2v) is 22.6. The fraction of sp³-hybridized carbons (Fsp3) is 0. The normalized spacial score (nSPS) is 16.4. The molecule has 0 aliphatic rings. The third-order valence-corrected chi connectivity index (χ3v) is 21.6. The average molecular weight is 310 g/mol. The molecule has 9 heteroatoms. The summed E-state index contributed by atoms with van der Waals surface area (Å²) in [6.07, 6.45) is 0. The Morgan fingerprint density at radius 2 is 1.00 bits per heavy atom. The molecule has 0 N–H and O–H groups in total. The summed E-state index contributed by atoms with van der Waals surface area (Å²) >= 11 is 11.4. The Kier molecular flexibility index (Phi) is 4.08. The van der Waals surface area contributed by atoms with Crippen molar-refractivity contribution in [3.63, 3.8) is 0 Å². The van der Waals surface area contributed by atoms with Crippen LogP contribution in [0.2, 0.25) is 0 Å². The van der Waals surface area contributed by atoms with E-state index in [1.54, 1.807) is 0 Å². The summed E-state index contributed by atoms with van der Waals surface area (Å²) in [4.78, 5) is 42.6. The fourth-order valence-electron chi connectivity index (χ4n) is 0.307. The molecular weight excluding hydrogens is 305 g/mol. The Morgan fingerprint density at radius 1 is 0.769 bits per heavy atom. The van der Waals surface area contributed by atoms with Gasteiger partial charge in [-0.25, -0.2) is 0 Å². The number of hydrogen-bond acceptors (Lipinski definition) is 4. The SMILES string of the molecule is O=[CH][Fe]([CH]=O)([CH]=O)([CH]=O)[PH](Cl)(Cl)Cl. The van der Waals surface area contributed by atoms with Gasteiger partial charge in [0.05, 0.1) is 0 Å². The van der Waals surface area contributed by atoms with Gasteiger partial charge in [-0.2, -0.15) is 0 Å². The molecule has 0 aromatic carbocycles. The van der Waals surface area contributed by atoms with Crippen LogP contribution in [0.4, 0.5) is 0 Å². The summed E-state index contributed by atoms with van der Waals surface area (Å²) in [7, 11) is 0. The van der Waals surface area contributed by atoms with Gasteiger partial charge in [-0.05, 0) is 0 Å². The molecule has 0 amide bonds. The van der Waals surface area contributed by atoms with Crippen LogP contribution < -0.4 is 0 Å². The first-order valence-electron chi connectivity index (χ1n) is 2.50. The predicted molar refractivity (Wildman–Crippen MR) is 52.9 cm³/mol. The quantitative estimate of drug-likeness (QED) is 0.439. The van der Waals surface area contributed by atoms with Crippen LogP contribution >= 0.6 is 37.7 Å². The van der Waals surface area contributed by atoms with Gasteiger partial charge in [0, 0.05) is 0 Å². The zero-order chi connectivity index (χ0) is 10.8. The van der Waals surface area contributed by atoms with Gasteiger partial charge in [0.2, 0.25) is 0 Å². The van der Waals surface area contributed by atoms with E-state index in [4.69, 9.17) is 33.7 Å². The number of carbonyl (C=O) groups is 4. The van der Waals surface area contributed by atoms with Crippen molar-refractivity contribution in [2.45, 2.75) is 0 Å². The van der Waals surface area contributed by atoms with Gasteiger partial charge in [-0.3, -0.25) is 0 Å². The van der Waals surface area contributed by atoms with Gasteiger partial charge in [0.15, 0.2) is 0 Å². The topological polar surface area (TPSA) is 68.3 Å². The molecule has 0 aliphatic heterocycles. The van der Waals surface area contributed by atoms with Gasteiger partial charge in [0.25, 0.3) is 0 Å². The van der Waals surface area contributed by atoms with E-state index in [-0.39, 0.29) is 20.7 Å². The summed E-state index contributed by atoms with van der Waals surface area (Å²) in [6, 6.07) is 0. The molecule has 0 atom stereocenters. The zero-order valence-corrected chi connectivity index (χ0v) is 10.3. The van der Waals surface area contributed by atoms with E-state index in [1.807, 2.05) is 0 Å². The van der Waals surface area contributed by atoms with Crippen LogP contribution in [0.25, 0.3) is 0 Å². The van der Waals surface area contributed by atoms with Crippen LogP contribution in [0, 0.1) is 0 Å². The second kappa shape index (κ2) is 3.93. The van der Waals surface area contributed by atoms with Crippen molar-refractivity contribution in [3.05, 3.63) is 0 Å². The molecule has 0 rings (SSSR count). The average Bonchev–Trinajstić information content (AvgIpc) is 2.08. The molecule has 0 bridgehead atoms. The minimum absolute atomic E-state index is 0.0883. The molecule has 0 heterocycles. The first-order valence-corrected chi connectivity index (χ1v) is 11.6. The fourth-order valence-corrected chi connectivity index (χ4v) is 7.50. The van der Waals surface area contributed by atoms with E-state index in [0.717, 1.165) is 0 Å². The maximum atomic E-state index is 10.6. The van der Waals surface area contributed by atoms with Crippen LogP contribution in [-0.4, -0.2) is 20.7 Å². The molecule has 0 aromatic heterocycles. The summed E-state index contributed by atoms with van der Waals surface area (Å²) in [5.74, 6) is 0.